The predicted octanol–water partition coefficient (Wildman–Crippen LogP) is 3.11. The molecule has 0 saturated carbocycles. The zero-order valence-electron chi connectivity index (χ0n) is 12.5. The molecule has 0 spiro atoms. The molecule has 2 heterocycles. The van der Waals surface area contributed by atoms with Crippen LogP contribution in [-0.4, -0.2) is 15.6 Å². The summed E-state index contributed by atoms with van der Waals surface area (Å²) < 4.78 is 6.91. The number of fused-ring (bicyclic) bond motifs is 1. The molecule has 1 aromatic carbocycles. The van der Waals surface area contributed by atoms with Crippen LogP contribution in [0, 0.1) is 13.8 Å². The Kier molecular flexibility index (Phi) is 3.13. The molecule has 5 nitrogen and oxygen atoms in total. The van der Waals surface area contributed by atoms with Gasteiger partial charge in [-0.25, -0.2) is 4.79 Å². The van der Waals surface area contributed by atoms with Crippen molar-refractivity contribution in [2.75, 3.05) is 0 Å². The summed E-state index contributed by atoms with van der Waals surface area (Å²) in [6.45, 7) is 3.65. The zero-order valence-corrected chi connectivity index (χ0v) is 12.5. The molecule has 22 heavy (non-hydrogen) atoms. The van der Waals surface area contributed by atoms with E-state index in [-0.39, 0.29) is 11.3 Å². The monoisotopic (exact) mass is 297 g/mol. The normalized spacial score (nSPS) is 11.0. The fraction of sp³-hybridized carbons (Fsp3) is 0.176. The second-order valence-corrected chi connectivity index (χ2v) is 5.46. The molecule has 0 radical (unpaired) electrons. The van der Waals surface area contributed by atoms with E-state index in [0.717, 1.165) is 22.1 Å². The third-order valence-electron chi connectivity index (χ3n) is 3.71. The first kappa shape index (κ1) is 14.1. The molecule has 0 aliphatic rings. The van der Waals surface area contributed by atoms with E-state index in [2.05, 4.69) is 0 Å². The summed E-state index contributed by atoms with van der Waals surface area (Å²) in [5.41, 5.74) is 3.88. The number of rotatable bonds is 2. The number of carboxylic acids is 1. The molecular weight excluding hydrogens is 282 g/mol. The summed E-state index contributed by atoms with van der Waals surface area (Å²) in [6.07, 6.45) is 1.77. The molecule has 3 rings (SSSR count). The number of pyridine rings is 1. The van der Waals surface area contributed by atoms with Crippen molar-refractivity contribution in [2.45, 2.75) is 13.8 Å². The number of nitrogens with zero attached hydrogens (tertiary/aromatic N) is 1. The summed E-state index contributed by atoms with van der Waals surface area (Å²) in [6, 6.07) is 7.15. The first-order valence-electron chi connectivity index (χ1n) is 6.82. The topological polar surface area (TPSA) is 72.4 Å². The Bertz CT molecular complexity index is 936. The fourth-order valence-corrected chi connectivity index (χ4v) is 2.64. The van der Waals surface area contributed by atoms with Gasteiger partial charge in [-0.05, 0) is 54.8 Å². The number of carbonyl (C=O) groups is 1. The van der Waals surface area contributed by atoms with Gasteiger partial charge < -0.3 is 14.1 Å². The Balaban J connectivity index is 2.24. The maximum atomic E-state index is 11.8. The predicted molar refractivity (Wildman–Crippen MR) is 83.3 cm³/mol. The third kappa shape index (κ3) is 2.20. The number of carboxylic acid groups (broad SMARTS) is 1. The Hall–Kier alpha value is -2.82. The van der Waals surface area contributed by atoms with E-state index in [1.165, 1.54) is 6.07 Å². The molecule has 0 saturated heterocycles. The summed E-state index contributed by atoms with van der Waals surface area (Å²) in [5.74, 6) is -1.16. The summed E-state index contributed by atoms with van der Waals surface area (Å²) in [4.78, 5) is 22.8. The number of hydrogen-bond acceptors (Lipinski definition) is 3. The van der Waals surface area contributed by atoms with Crippen molar-refractivity contribution in [1.29, 1.82) is 0 Å². The van der Waals surface area contributed by atoms with Crippen molar-refractivity contribution in [2.24, 2.45) is 7.05 Å². The lowest BCUT2D eigenvalue weighted by atomic mass is 10.0. The van der Waals surface area contributed by atoms with E-state index in [4.69, 9.17) is 9.52 Å². The van der Waals surface area contributed by atoms with E-state index < -0.39 is 5.97 Å². The average Bonchev–Trinajstić information content (AvgIpc) is 2.89. The highest BCUT2D eigenvalue weighted by atomic mass is 16.4. The first-order chi connectivity index (χ1) is 10.4. The van der Waals surface area contributed by atoms with E-state index >= 15 is 0 Å². The molecule has 2 aromatic heterocycles. The van der Waals surface area contributed by atoms with Crippen LogP contribution < -0.4 is 5.56 Å². The van der Waals surface area contributed by atoms with Crippen LogP contribution in [0.3, 0.4) is 0 Å². The van der Waals surface area contributed by atoms with Gasteiger partial charge in [-0.1, -0.05) is 0 Å². The van der Waals surface area contributed by atoms with Gasteiger partial charge in [0.05, 0.1) is 0 Å². The number of aromatic nitrogens is 1. The van der Waals surface area contributed by atoms with E-state index in [1.54, 1.807) is 24.7 Å². The standard InChI is InChI=1S/C17H15NO4/c1-9-4-11(13-5-10(2)16(19)18(3)8-13)6-12-7-14(17(20)21)22-15(9)12/h4-8H,1-3H3,(H,20,21). The molecule has 0 unspecified atom stereocenters. The van der Waals surface area contributed by atoms with Crippen LogP contribution in [0.5, 0.6) is 0 Å². The van der Waals surface area contributed by atoms with Crippen molar-refractivity contribution in [3.05, 3.63) is 57.7 Å². The first-order valence-corrected chi connectivity index (χ1v) is 6.82. The van der Waals surface area contributed by atoms with Crippen molar-refractivity contribution < 1.29 is 14.3 Å². The minimum atomic E-state index is -1.09. The lowest BCUT2D eigenvalue weighted by molar-refractivity contribution is 0.0665. The molecule has 0 aliphatic carbocycles. The maximum absolute atomic E-state index is 11.8. The fourth-order valence-electron chi connectivity index (χ4n) is 2.64. The maximum Gasteiger partial charge on any atom is 0.371 e. The SMILES string of the molecule is Cc1cc(-c2cc(C)c3oc(C(=O)O)cc3c2)cn(C)c1=O. The second-order valence-electron chi connectivity index (χ2n) is 5.46. The Morgan fingerprint density at radius 1 is 1.09 bits per heavy atom. The van der Waals surface area contributed by atoms with Gasteiger partial charge in [-0.15, -0.1) is 0 Å². The van der Waals surface area contributed by atoms with Crippen molar-refractivity contribution in [3.63, 3.8) is 0 Å². The molecule has 5 heteroatoms. The lowest BCUT2D eigenvalue weighted by Crippen LogP contribution is -2.18. The number of hydrogen-bond donors (Lipinski definition) is 1. The molecule has 0 amide bonds. The van der Waals surface area contributed by atoms with E-state index in [0.29, 0.717) is 11.1 Å². The molecule has 1 N–H and O–H groups in total. The van der Waals surface area contributed by atoms with Gasteiger partial charge in [0.2, 0.25) is 5.76 Å². The number of furan rings is 1. The second kappa shape index (κ2) is 4.87. The minimum Gasteiger partial charge on any atom is -0.475 e. The van der Waals surface area contributed by atoms with E-state index in [1.807, 2.05) is 25.1 Å². The summed E-state index contributed by atoms with van der Waals surface area (Å²) in [7, 11) is 1.71. The van der Waals surface area contributed by atoms with Gasteiger partial charge in [0.1, 0.15) is 5.58 Å². The van der Waals surface area contributed by atoms with Gasteiger partial charge in [0.15, 0.2) is 0 Å². The largest absolute Gasteiger partial charge is 0.475 e. The Morgan fingerprint density at radius 3 is 2.41 bits per heavy atom. The van der Waals surface area contributed by atoms with Crippen LogP contribution in [0.2, 0.25) is 0 Å². The lowest BCUT2D eigenvalue weighted by Gasteiger charge is -2.07. The van der Waals surface area contributed by atoms with Crippen molar-refractivity contribution >= 4 is 16.9 Å². The molecule has 0 fully saturated rings. The van der Waals surface area contributed by atoms with Crippen molar-refractivity contribution in [1.82, 2.24) is 4.57 Å². The average molecular weight is 297 g/mol. The molecule has 3 aromatic rings. The molecule has 112 valence electrons. The molecular formula is C17H15NO4. The molecule has 0 atom stereocenters. The third-order valence-corrected chi connectivity index (χ3v) is 3.71. The van der Waals surface area contributed by atoms with Gasteiger partial charge in [-0.3, -0.25) is 4.79 Å². The van der Waals surface area contributed by atoms with Crippen LogP contribution in [0.15, 0.2) is 39.7 Å². The Labute approximate surface area is 126 Å². The van der Waals surface area contributed by atoms with Crippen molar-refractivity contribution in [3.8, 4) is 11.1 Å². The highest BCUT2D eigenvalue weighted by molar-refractivity contribution is 5.94. The number of aromatic carboxylic acids is 1. The highest BCUT2D eigenvalue weighted by Crippen LogP contribution is 2.29. The molecule has 0 bridgehead atoms. The van der Waals surface area contributed by atoms with Crippen LogP contribution in [0.25, 0.3) is 22.1 Å². The van der Waals surface area contributed by atoms with Gasteiger partial charge >= 0.3 is 5.97 Å². The smallest absolute Gasteiger partial charge is 0.371 e. The molecule has 0 aliphatic heterocycles. The van der Waals surface area contributed by atoms with Gasteiger partial charge in [0.25, 0.3) is 5.56 Å². The van der Waals surface area contributed by atoms with Crippen LogP contribution in [-0.2, 0) is 7.05 Å². The minimum absolute atomic E-state index is 0.0296. The van der Waals surface area contributed by atoms with Crippen LogP contribution in [0.4, 0.5) is 0 Å². The van der Waals surface area contributed by atoms with Gasteiger partial charge in [-0.2, -0.15) is 0 Å². The van der Waals surface area contributed by atoms with E-state index in [9.17, 15) is 9.59 Å². The Morgan fingerprint density at radius 2 is 1.77 bits per heavy atom. The highest BCUT2D eigenvalue weighted by Gasteiger charge is 2.14. The van der Waals surface area contributed by atoms with Gasteiger partial charge in [0, 0.05) is 24.2 Å². The van der Waals surface area contributed by atoms with Crippen LogP contribution >= 0.6 is 0 Å². The van der Waals surface area contributed by atoms with Crippen LogP contribution in [0.1, 0.15) is 21.7 Å². The number of aryl methyl sites for hydroxylation is 3. The summed E-state index contributed by atoms with van der Waals surface area (Å²) in [5, 5.41) is 9.77. The zero-order chi connectivity index (χ0) is 16.0. The number of benzene rings is 1. The summed E-state index contributed by atoms with van der Waals surface area (Å²) >= 11 is 0. The quantitative estimate of drug-likeness (QED) is 0.788.